The van der Waals surface area contributed by atoms with Crippen molar-refractivity contribution in [3.05, 3.63) is 105 Å². The maximum absolute atomic E-state index is 14.9. The van der Waals surface area contributed by atoms with E-state index in [4.69, 9.17) is 5.10 Å². The molecule has 0 spiro atoms. The molecule has 0 saturated heterocycles. The van der Waals surface area contributed by atoms with Crippen LogP contribution < -0.4 is 0 Å². The summed E-state index contributed by atoms with van der Waals surface area (Å²) in [5, 5.41) is 5.14. The van der Waals surface area contributed by atoms with Gasteiger partial charge in [-0.05, 0) is 67.5 Å². The van der Waals surface area contributed by atoms with E-state index < -0.39 is 0 Å². The van der Waals surface area contributed by atoms with Crippen molar-refractivity contribution in [2.24, 2.45) is 0 Å². The van der Waals surface area contributed by atoms with Crippen LogP contribution in [0.15, 0.2) is 54.6 Å². The van der Waals surface area contributed by atoms with Crippen LogP contribution in [0.3, 0.4) is 0 Å². The van der Waals surface area contributed by atoms with Gasteiger partial charge < -0.3 is 0 Å². The fraction of sp³-hybridized carbons (Fsp3) is 0.312. The third-order valence-corrected chi connectivity index (χ3v) is 7.37. The van der Waals surface area contributed by atoms with Crippen molar-refractivity contribution in [1.29, 1.82) is 0 Å². The summed E-state index contributed by atoms with van der Waals surface area (Å²) in [5.41, 5.74) is 11.2. The number of nitrogens with zero attached hydrogens (tertiary/aromatic N) is 3. The number of halogens is 1. The van der Waals surface area contributed by atoms with Gasteiger partial charge in [-0.15, -0.1) is 0 Å². The summed E-state index contributed by atoms with van der Waals surface area (Å²) in [6.45, 7) is 14.0. The van der Waals surface area contributed by atoms with Gasteiger partial charge in [-0.3, -0.25) is 9.69 Å². The highest BCUT2D eigenvalue weighted by Gasteiger charge is 2.30. The van der Waals surface area contributed by atoms with E-state index in [-0.39, 0.29) is 17.5 Å². The number of hydrogen-bond acceptors (Lipinski definition) is 3. The molecule has 5 heteroatoms. The Morgan fingerprint density at radius 1 is 1.00 bits per heavy atom. The normalized spacial score (nSPS) is 13.4. The van der Waals surface area contributed by atoms with E-state index in [1.54, 1.807) is 13.0 Å². The van der Waals surface area contributed by atoms with Gasteiger partial charge in [0.1, 0.15) is 5.82 Å². The van der Waals surface area contributed by atoms with Gasteiger partial charge in [-0.2, -0.15) is 5.10 Å². The van der Waals surface area contributed by atoms with Crippen LogP contribution in [0.1, 0.15) is 76.1 Å². The van der Waals surface area contributed by atoms with Crippen molar-refractivity contribution >= 4 is 5.78 Å². The lowest BCUT2D eigenvalue weighted by Gasteiger charge is -2.22. The lowest BCUT2D eigenvalue weighted by Crippen LogP contribution is -2.19. The van der Waals surface area contributed by atoms with Gasteiger partial charge in [-0.1, -0.05) is 62.4 Å². The molecule has 0 unspecified atom stereocenters. The smallest absolute Gasteiger partial charge is 0.159 e. The molecule has 0 fully saturated rings. The van der Waals surface area contributed by atoms with Crippen molar-refractivity contribution in [1.82, 2.24) is 14.7 Å². The summed E-state index contributed by atoms with van der Waals surface area (Å²) in [4.78, 5) is 14.2. The molecule has 1 aliphatic heterocycles. The summed E-state index contributed by atoms with van der Waals surface area (Å²) in [6, 6.07) is 17.9. The standard InChI is InChI=1S/C32H34FN3O/c1-19(2)30-26(14-20(3)15-28(30)33)16-35-17-27-29(18-35)34-36(31-21(4)8-7-9-22(31)5)32(27)25-12-10-24(11-13-25)23(6)37/h7-15,19H,16-18H2,1-6H3. The lowest BCUT2D eigenvalue weighted by molar-refractivity contribution is 0.101. The molecule has 3 aromatic carbocycles. The number of ketones is 1. The van der Waals surface area contributed by atoms with Crippen LogP contribution in [0, 0.1) is 26.6 Å². The molecule has 1 aromatic heterocycles. The van der Waals surface area contributed by atoms with E-state index in [0.717, 1.165) is 57.0 Å². The Morgan fingerprint density at radius 2 is 1.68 bits per heavy atom. The highest BCUT2D eigenvalue weighted by molar-refractivity contribution is 5.94. The molecule has 4 nitrogen and oxygen atoms in total. The van der Waals surface area contributed by atoms with Crippen molar-refractivity contribution in [3.63, 3.8) is 0 Å². The fourth-order valence-electron chi connectivity index (χ4n) is 5.70. The first-order valence-corrected chi connectivity index (χ1v) is 12.9. The van der Waals surface area contributed by atoms with E-state index in [9.17, 15) is 9.18 Å². The third-order valence-electron chi connectivity index (χ3n) is 7.37. The van der Waals surface area contributed by atoms with Crippen molar-refractivity contribution < 1.29 is 9.18 Å². The maximum Gasteiger partial charge on any atom is 0.159 e. The van der Waals surface area contributed by atoms with Gasteiger partial charge in [0.15, 0.2) is 5.78 Å². The van der Waals surface area contributed by atoms with Gasteiger partial charge in [0.2, 0.25) is 0 Å². The lowest BCUT2D eigenvalue weighted by atomic mass is 9.94. The summed E-state index contributed by atoms with van der Waals surface area (Å²) in [5.74, 6) is 0.0510. The Kier molecular flexibility index (Phi) is 6.59. The second-order valence-electron chi connectivity index (χ2n) is 10.7. The molecule has 0 amide bonds. The molecule has 0 radical (unpaired) electrons. The molecule has 0 N–H and O–H groups in total. The quantitative estimate of drug-likeness (QED) is 0.261. The summed E-state index contributed by atoms with van der Waals surface area (Å²) >= 11 is 0. The van der Waals surface area contributed by atoms with Gasteiger partial charge in [0.25, 0.3) is 0 Å². The molecule has 5 rings (SSSR count). The third kappa shape index (κ3) is 4.64. The van der Waals surface area contributed by atoms with Crippen LogP contribution in [0.25, 0.3) is 16.9 Å². The second kappa shape index (κ2) is 9.71. The van der Waals surface area contributed by atoms with Gasteiger partial charge in [0.05, 0.1) is 17.1 Å². The molecule has 0 atom stereocenters. The molecular formula is C32H34FN3O. The number of aryl methyl sites for hydroxylation is 3. The van der Waals surface area contributed by atoms with Gasteiger partial charge in [0, 0.05) is 36.3 Å². The Hall–Kier alpha value is -3.57. The van der Waals surface area contributed by atoms with Crippen molar-refractivity contribution in [2.45, 2.75) is 67.1 Å². The van der Waals surface area contributed by atoms with Gasteiger partial charge >= 0.3 is 0 Å². The predicted octanol–water partition coefficient (Wildman–Crippen LogP) is 7.45. The largest absolute Gasteiger partial charge is 0.295 e. The minimum absolute atomic E-state index is 0.0533. The number of hydrogen-bond donors (Lipinski definition) is 0. The number of rotatable bonds is 6. The zero-order chi connectivity index (χ0) is 26.4. The van der Waals surface area contributed by atoms with E-state index in [1.165, 1.54) is 5.56 Å². The number of para-hydroxylation sites is 1. The zero-order valence-corrected chi connectivity index (χ0v) is 22.5. The van der Waals surface area contributed by atoms with E-state index in [0.29, 0.717) is 18.7 Å². The minimum Gasteiger partial charge on any atom is -0.295 e. The molecule has 190 valence electrons. The van der Waals surface area contributed by atoms with E-state index in [1.807, 2.05) is 45.0 Å². The van der Waals surface area contributed by atoms with Crippen LogP contribution in [0.5, 0.6) is 0 Å². The molecule has 0 aliphatic carbocycles. The molecule has 37 heavy (non-hydrogen) atoms. The van der Waals surface area contributed by atoms with E-state index in [2.05, 4.69) is 47.7 Å². The first kappa shape index (κ1) is 25.1. The average molecular weight is 496 g/mol. The summed E-state index contributed by atoms with van der Waals surface area (Å²) < 4.78 is 17.0. The van der Waals surface area contributed by atoms with Crippen molar-refractivity contribution in [2.75, 3.05) is 0 Å². The summed E-state index contributed by atoms with van der Waals surface area (Å²) in [6.07, 6.45) is 0. The highest BCUT2D eigenvalue weighted by Crippen LogP contribution is 2.37. The fourth-order valence-corrected chi connectivity index (χ4v) is 5.70. The topological polar surface area (TPSA) is 38.1 Å². The Morgan fingerprint density at radius 3 is 2.30 bits per heavy atom. The van der Waals surface area contributed by atoms with Crippen LogP contribution in [0.4, 0.5) is 4.39 Å². The number of carbonyl (C=O) groups is 1. The molecular weight excluding hydrogens is 461 g/mol. The number of aromatic nitrogens is 2. The average Bonchev–Trinajstić information content (AvgIpc) is 3.35. The van der Waals surface area contributed by atoms with Crippen LogP contribution in [0.2, 0.25) is 0 Å². The number of fused-ring (bicyclic) bond motifs is 1. The number of carbonyl (C=O) groups excluding carboxylic acids is 1. The predicted molar refractivity (Wildman–Crippen MR) is 147 cm³/mol. The Bertz CT molecular complexity index is 1480. The Labute approximate surface area is 218 Å². The molecule has 1 aliphatic rings. The van der Waals surface area contributed by atoms with Crippen LogP contribution >= 0.6 is 0 Å². The van der Waals surface area contributed by atoms with E-state index >= 15 is 0 Å². The molecule has 2 heterocycles. The van der Waals surface area contributed by atoms with Crippen LogP contribution in [-0.2, 0) is 19.6 Å². The second-order valence-corrected chi connectivity index (χ2v) is 10.7. The molecule has 4 aromatic rings. The first-order chi connectivity index (χ1) is 17.6. The van der Waals surface area contributed by atoms with Crippen LogP contribution in [-0.4, -0.2) is 20.5 Å². The van der Waals surface area contributed by atoms with Crippen molar-refractivity contribution in [3.8, 4) is 16.9 Å². The first-order valence-electron chi connectivity index (χ1n) is 12.9. The monoisotopic (exact) mass is 495 g/mol. The number of Topliss-reactive ketones (excluding diaryl/α,β-unsaturated/α-hetero) is 1. The minimum atomic E-state index is -0.117. The Balaban J connectivity index is 1.58. The SMILES string of the molecule is CC(=O)c1ccc(-c2c3c(nn2-c2c(C)cccc2C)CN(Cc2cc(C)cc(F)c2C(C)C)C3)cc1. The van der Waals surface area contributed by atoms with Gasteiger partial charge in [-0.25, -0.2) is 9.07 Å². The zero-order valence-electron chi connectivity index (χ0n) is 22.5. The maximum atomic E-state index is 14.9. The summed E-state index contributed by atoms with van der Waals surface area (Å²) in [7, 11) is 0. The molecule has 0 saturated carbocycles. The highest BCUT2D eigenvalue weighted by atomic mass is 19.1. The molecule has 0 bridgehead atoms. The number of benzene rings is 3.